The van der Waals surface area contributed by atoms with E-state index in [4.69, 9.17) is 9.26 Å². The molecule has 2 N–H and O–H groups in total. The SMILES string of the molecule is BC(O)(O)c1onc(-c2ccc(F)cc2)c1COc1ccc(C(=O)N2CCSCC2)cn1. The summed E-state index contributed by atoms with van der Waals surface area (Å²) in [6.07, 6.45) is 1.46. The van der Waals surface area contributed by atoms with E-state index in [1.165, 1.54) is 30.5 Å². The van der Waals surface area contributed by atoms with E-state index in [1.807, 2.05) is 11.8 Å². The van der Waals surface area contributed by atoms with Gasteiger partial charge in [0.1, 0.15) is 18.1 Å². The van der Waals surface area contributed by atoms with E-state index in [0.29, 0.717) is 29.9 Å². The number of aliphatic hydroxyl groups is 2. The van der Waals surface area contributed by atoms with Gasteiger partial charge in [-0.05, 0) is 30.3 Å². The summed E-state index contributed by atoms with van der Waals surface area (Å²) in [5.74, 6) is 1.42. The molecule has 1 aliphatic rings. The normalized spacial score (nSPS) is 14.4. The highest BCUT2D eigenvalue weighted by Crippen LogP contribution is 2.31. The van der Waals surface area contributed by atoms with Crippen molar-refractivity contribution in [1.29, 1.82) is 0 Å². The third-order valence-corrected chi connectivity index (χ3v) is 5.92. The van der Waals surface area contributed by atoms with E-state index in [-0.39, 0.29) is 29.7 Å². The van der Waals surface area contributed by atoms with E-state index >= 15 is 0 Å². The van der Waals surface area contributed by atoms with Crippen molar-refractivity contribution in [3.05, 3.63) is 65.3 Å². The first kappa shape index (κ1) is 22.3. The number of pyridine rings is 1. The summed E-state index contributed by atoms with van der Waals surface area (Å²) in [7, 11) is 1.14. The fourth-order valence-electron chi connectivity index (χ4n) is 3.34. The second kappa shape index (κ2) is 9.31. The molecule has 0 atom stereocenters. The molecule has 8 nitrogen and oxygen atoms in total. The quantitative estimate of drug-likeness (QED) is 0.422. The van der Waals surface area contributed by atoms with Crippen molar-refractivity contribution < 1.29 is 28.7 Å². The summed E-state index contributed by atoms with van der Waals surface area (Å²) in [5.41, 5.74) is -0.709. The minimum atomic E-state index is -2.29. The number of nitrogens with zero attached hydrogens (tertiary/aromatic N) is 3. The standard InChI is InChI=1S/C21H21BFN3O5S/c22-21(28,29)19-16(18(25-31-19)13-1-4-15(23)5-2-13)12-30-17-6-3-14(11-24-17)20(27)26-7-9-32-10-8-26/h1-6,11,28-29H,7-10,12,22H2. The van der Waals surface area contributed by atoms with Crippen molar-refractivity contribution in [3.8, 4) is 17.1 Å². The van der Waals surface area contributed by atoms with Crippen LogP contribution in [0.3, 0.4) is 0 Å². The van der Waals surface area contributed by atoms with E-state index in [2.05, 4.69) is 10.1 Å². The lowest BCUT2D eigenvalue weighted by Gasteiger charge is -2.26. The van der Waals surface area contributed by atoms with Crippen LogP contribution in [0, 0.1) is 5.82 Å². The first-order valence-corrected chi connectivity index (χ1v) is 11.1. The van der Waals surface area contributed by atoms with Crippen LogP contribution in [0.25, 0.3) is 11.3 Å². The molecule has 3 aromatic rings. The molecule has 3 heterocycles. The molecule has 0 bridgehead atoms. The number of halogens is 1. The van der Waals surface area contributed by atoms with Crippen LogP contribution in [0.5, 0.6) is 5.88 Å². The molecule has 11 heteroatoms. The second-order valence-electron chi connectivity index (χ2n) is 7.44. The van der Waals surface area contributed by atoms with Gasteiger partial charge in [-0.2, -0.15) is 11.8 Å². The Labute approximate surface area is 188 Å². The average Bonchev–Trinajstić information content (AvgIpc) is 3.23. The lowest BCUT2D eigenvalue weighted by atomic mass is 9.89. The summed E-state index contributed by atoms with van der Waals surface area (Å²) < 4.78 is 24.2. The first-order chi connectivity index (χ1) is 15.3. The Morgan fingerprint density at radius 1 is 1.22 bits per heavy atom. The van der Waals surface area contributed by atoms with Crippen LogP contribution in [0.15, 0.2) is 47.1 Å². The molecule has 2 aromatic heterocycles. The maximum Gasteiger partial charge on any atom is 0.255 e. The molecule has 1 fully saturated rings. The van der Waals surface area contributed by atoms with Crippen molar-refractivity contribution in [2.24, 2.45) is 0 Å². The lowest BCUT2D eigenvalue weighted by molar-refractivity contribution is -0.110. The highest BCUT2D eigenvalue weighted by atomic mass is 32.2. The van der Waals surface area contributed by atoms with Crippen molar-refractivity contribution in [2.75, 3.05) is 24.6 Å². The van der Waals surface area contributed by atoms with Crippen molar-refractivity contribution >= 4 is 25.5 Å². The van der Waals surface area contributed by atoms with Gasteiger partial charge in [-0.15, -0.1) is 0 Å². The van der Waals surface area contributed by atoms with Gasteiger partial charge in [0.25, 0.3) is 5.91 Å². The maximum atomic E-state index is 13.3. The molecule has 1 saturated heterocycles. The Bertz CT molecular complexity index is 1080. The highest BCUT2D eigenvalue weighted by Gasteiger charge is 2.31. The summed E-state index contributed by atoms with van der Waals surface area (Å²) in [6, 6.07) is 8.76. The fourth-order valence-corrected chi connectivity index (χ4v) is 4.24. The van der Waals surface area contributed by atoms with Gasteiger partial charge in [-0.1, -0.05) is 5.16 Å². The van der Waals surface area contributed by atoms with Crippen molar-refractivity contribution in [3.63, 3.8) is 0 Å². The van der Waals surface area contributed by atoms with Gasteiger partial charge >= 0.3 is 0 Å². The second-order valence-corrected chi connectivity index (χ2v) is 8.67. The van der Waals surface area contributed by atoms with Crippen LogP contribution >= 0.6 is 11.8 Å². The predicted octanol–water partition coefficient (Wildman–Crippen LogP) is 1.37. The maximum absolute atomic E-state index is 13.3. The lowest BCUT2D eigenvalue weighted by Crippen LogP contribution is -2.37. The Balaban J connectivity index is 1.52. The van der Waals surface area contributed by atoms with E-state index in [1.54, 1.807) is 17.0 Å². The highest BCUT2D eigenvalue weighted by molar-refractivity contribution is 7.99. The van der Waals surface area contributed by atoms with E-state index in [9.17, 15) is 19.4 Å². The molecule has 0 radical (unpaired) electrons. The molecule has 0 aliphatic carbocycles. The molecular formula is C21H21BFN3O5S. The molecule has 0 spiro atoms. The van der Waals surface area contributed by atoms with Crippen LogP contribution in [0.4, 0.5) is 4.39 Å². The number of ether oxygens (including phenoxy) is 1. The monoisotopic (exact) mass is 457 g/mol. The van der Waals surface area contributed by atoms with E-state index in [0.717, 1.165) is 19.4 Å². The van der Waals surface area contributed by atoms with Gasteiger partial charge in [0.05, 0.1) is 11.1 Å². The summed E-state index contributed by atoms with van der Waals surface area (Å²) in [4.78, 5) is 18.6. The largest absolute Gasteiger partial charge is 0.473 e. The van der Waals surface area contributed by atoms with Crippen LogP contribution < -0.4 is 4.74 Å². The predicted molar refractivity (Wildman–Crippen MR) is 118 cm³/mol. The number of carbonyl (C=O) groups excluding carboxylic acids is 1. The van der Waals surface area contributed by atoms with Crippen LogP contribution in [-0.2, 0) is 12.3 Å². The molecule has 166 valence electrons. The number of carbonyl (C=O) groups is 1. The smallest absolute Gasteiger partial charge is 0.255 e. The van der Waals surface area contributed by atoms with Crippen LogP contribution in [-0.4, -0.2) is 63.6 Å². The minimum Gasteiger partial charge on any atom is -0.473 e. The Morgan fingerprint density at radius 3 is 2.56 bits per heavy atom. The third-order valence-electron chi connectivity index (χ3n) is 4.98. The third kappa shape index (κ3) is 4.95. The Hall–Kier alpha value is -2.89. The summed E-state index contributed by atoms with van der Waals surface area (Å²) in [6.45, 7) is 1.29. The summed E-state index contributed by atoms with van der Waals surface area (Å²) in [5, 5.41) is 24.0. The number of rotatable bonds is 6. The number of thioether (sulfide) groups is 1. The molecule has 0 saturated carbocycles. The van der Waals surface area contributed by atoms with Gasteiger partial charge in [0.2, 0.25) is 5.88 Å². The molecule has 1 aromatic carbocycles. The van der Waals surface area contributed by atoms with Crippen molar-refractivity contribution in [2.45, 2.75) is 12.3 Å². The van der Waals surface area contributed by atoms with Gasteiger partial charge < -0.3 is 24.4 Å². The molecule has 1 amide bonds. The molecule has 32 heavy (non-hydrogen) atoms. The van der Waals surface area contributed by atoms with Crippen LogP contribution in [0.2, 0.25) is 0 Å². The van der Waals surface area contributed by atoms with Gasteiger partial charge in [0.15, 0.2) is 19.3 Å². The average molecular weight is 457 g/mol. The molecule has 1 aliphatic heterocycles. The minimum absolute atomic E-state index is 0.0689. The molecule has 4 rings (SSSR count). The first-order valence-electron chi connectivity index (χ1n) is 9.98. The molecule has 0 unspecified atom stereocenters. The van der Waals surface area contributed by atoms with Crippen molar-refractivity contribution in [1.82, 2.24) is 15.0 Å². The number of amides is 1. The number of aromatic nitrogens is 2. The van der Waals surface area contributed by atoms with Gasteiger partial charge in [0, 0.05) is 42.4 Å². The number of hydrogen-bond acceptors (Lipinski definition) is 8. The number of hydrogen-bond donors (Lipinski definition) is 2. The van der Waals surface area contributed by atoms with Gasteiger partial charge in [-0.3, -0.25) is 4.79 Å². The zero-order chi connectivity index (χ0) is 22.7. The summed E-state index contributed by atoms with van der Waals surface area (Å²) >= 11 is 1.83. The Morgan fingerprint density at radius 2 is 1.94 bits per heavy atom. The Kier molecular flexibility index (Phi) is 6.49. The zero-order valence-corrected chi connectivity index (χ0v) is 18.1. The fraction of sp³-hybridized carbons (Fsp3) is 0.286. The molecular weight excluding hydrogens is 436 g/mol. The van der Waals surface area contributed by atoms with E-state index < -0.39 is 11.5 Å². The van der Waals surface area contributed by atoms with Crippen LogP contribution in [0.1, 0.15) is 21.7 Å². The topological polar surface area (TPSA) is 109 Å². The number of benzene rings is 1. The van der Waals surface area contributed by atoms with Gasteiger partial charge in [-0.25, -0.2) is 9.37 Å². The zero-order valence-electron chi connectivity index (χ0n) is 17.3.